The van der Waals surface area contributed by atoms with E-state index in [4.69, 9.17) is 4.79 Å². The van der Waals surface area contributed by atoms with Crippen LogP contribution in [0.25, 0.3) is 0 Å². The Balaban J connectivity index is 0. The molecule has 0 N–H and O–H groups in total. The molecule has 24 heavy (non-hydrogen) atoms. The quantitative estimate of drug-likeness (QED) is 0.542. The molecule has 0 bridgehead atoms. The van der Waals surface area contributed by atoms with Crippen molar-refractivity contribution in [3.05, 3.63) is 22.0 Å². The topological polar surface area (TPSA) is 78.0 Å². The van der Waals surface area contributed by atoms with Gasteiger partial charge in [0.2, 0.25) is 5.69 Å². The van der Waals surface area contributed by atoms with Crippen molar-refractivity contribution in [1.82, 2.24) is 9.78 Å². The largest absolute Gasteiger partial charge is 0.442 e. The Bertz CT molecular complexity index is 470. The monoisotopic (exact) mass is 353 g/mol. The number of hydrogen-bond donors (Lipinski definition) is 0. The van der Waals surface area contributed by atoms with Crippen LogP contribution in [0.3, 0.4) is 0 Å². The molecule has 0 saturated heterocycles. The van der Waals surface area contributed by atoms with Crippen LogP contribution >= 0.6 is 0 Å². The first kappa shape index (κ1) is 24.3. The lowest BCUT2D eigenvalue weighted by molar-refractivity contribution is -0.388. The van der Waals surface area contributed by atoms with Crippen molar-refractivity contribution in [3.8, 4) is 0 Å². The maximum absolute atomic E-state index is 12.6. The van der Waals surface area contributed by atoms with E-state index in [0.29, 0.717) is 0 Å². The minimum atomic E-state index is -4.79. The summed E-state index contributed by atoms with van der Waals surface area (Å²) >= 11 is 0. The van der Waals surface area contributed by atoms with Crippen molar-refractivity contribution < 1.29 is 22.9 Å². The first-order valence-corrected chi connectivity index (χ1v) is 7.99. The molecule has 6 nitrogen and oxygen atoms in total. The van der Waals surface area contributed by atoms with Crippen LogP contribution in [0.5, 0.6) is 0 Å². The first-order chi connectivity index (χ1) is 11.4. The summed E-state index contributed by atoms with van der Waals surface area (Å²) in [5, 5.41) is 14.0. The van der Waals surface area contributed by atoms with Crippen molar-refractivity contribution >= 4 is 12.5 Å². The van der Waals surface area contributed by atoms with Gasteiger partial charge < -0.3 is 4.79 Å². The van der Waals surface area contributed by atoms with Crippen LogP contribution in [-0.2, 0) is 11.0 Å². The molecule has 2 rings (SSSR count). The minimum absolute atomic E-state index is 0.159. The standard InChI is InChI=1S/C10H12F3N3O2.2C2H6.CH2O/c11-10(12,13)9-8(16(17)18)6-15(14-9)7-4-2-1-3-5-7;3*1-2/h6-7H,1-5H2;2*1-2H3;1H2. The molecule has 0 aliphatic heterocycles. The molecule has 1 saturated carbocycles. The predicted molar refractivity (Wildman–Crippen MR) is 85.8 cm³/mol. The van der Waals surface area contributed by atoms with Gasteiger partial charge in [-0.05, 0) is 12.8 Å². The molecule has 0 atom stereocenters. The zero-order valence-electron chi connectivity index (χ0n) is 14.6. The van der Waals surface area contributed by atoms with Gasteiger partial charge in [0, 0.05) is 0 Å². The molecule has 0 aromatic carbocycles. The van der Waals surface area contributed by atoms with Gasteiger partial charge in [0.25, 0.3) is 0 Å². The van der Waals surface area contributed by atoms with Gasteiger partial charge in [0.15, 0.2) is 0 Å². The average Bonchev–Trinajstić information content (AvgIpc) is 3.07. The van der Waals surface area contributed by atoms with Crippen LogP contribution < -0.4 is 0 Å². The van der Waals surface area contributed by atoms with Gasteiger partial charge in [-0.3, -0.25) is 14.8 Å². The van der Waals surface area contributed by atoms with Crippen molar-refractivity contribution in [2.45, 2.75) is 72.0 Å². The number of aromatic nitrogens is 2. The average molecular weight is 353 g/mol. The van der Waals surface area contributed by atoms with Crippen molar-refractivity contribution in [2.75, 3.05) is 0 Å². The summed E-state index contributed by atoms with van der Waals surface area (Å²) in [6.45, 7) is 10.0. The van der Waals surface area contributed by atoms with Gasteiger partial charge in [0.1, 0.15) is 13.0 Å². The van der Waals surface area contributed by atoms with E-state index < -0.39 is 22.5 Å². The van der Waals surface area contributed by atoms with Crippen LogP contribution in [0, 0.1) is 10.1 Å². The van der Waals surface area contributed by atoms with Crippen LogP contribution in [0.4, 0.5) is 18.9 Å². The summed E-state index contributed by atoms with van der Waals surface area (Å²) in [6, 6.07) is -0.159. The van der Waals surface area contributed by atoms with Crippen molar-refractivity contribution in [3.63, 3.8) is 0 Å². The Hall–Kier alpha value is -1.93. The maximum atomic E-state index is 12.6. The fraction of sp³-hybridized carbons (Fsp3) is 0.733. The second kappa shape index (κ2) is 12.5. The maximum Gasteiger partial charge on any atom is 0.442 e. The van der Waals surface area contributed by atoms with Gasteiger partial charge in [-0.25, -0.2) is 0 Å². The van der Waals surface area contributed by atoms with E-state index in [2.05, 4.69) is 5.10 Å². The number of alkyl halides is 3. The Morgan fingerprint density at radius 3 is 1.96 bits per heavy atom. The van der Waals surface area contributed by atoms with Crippen molar-refractivity contribution in [1.29, 1.82) is 0 Å². The molecule has 1 aromatic heterocycles. The predicted octanol–water partition coefficient (Wildman–Crippen LogP) is 5.18. The second-order valence-corrected chi connectivity index (χ2v) is 4.39. The highest BCUT2D eigenvalue weighted by molar-refractivity contribution is 5.34. The molecular weight excluding hydrogens is 327 g/mol. The van der Waals surface area contributed by atoms with Gasteiger partial charge in [-0.1, -0.05) is 47.0 Å². The van der Waals surface area contributed by atoms with E-state index >= 15 is 0 Å². The highest BCUT2D eigenvalue weighted by Gasteiger charge is 2.43. The van der Waals surface area contributed by atoms with E-state index in [0.717, 1.165) is 43.0 Å². The molecule has 140 valence electrons. The molecule has 0 radical (unpaired) electrons. The Morgan fingerprint density at radius 2 is 1.62 bits per heavy atom. The van der Waals surface area contributed by atoms with Crippen LogP contribution in [-0.4, -0.2) is 21.5 Å². The first-order valence-electron chi connectivity index (χ1n) is 7.99. The summed E-state index contributed by atoms with van der Waals surface area (Å²) in [6.07, 6.45) is 0.429. The van der Waals surface area contributed by atoms with E-state index in [1.54, 1.807) is 0 Å². The van der Waals surface area contributed by atoms with Crippen LogP contribution in [0.2, 0.25) is 0 Å². The Kier molecular flexibility index (Phi) is 12.7. The van der Waals surface area contributed by atoms with E-state index in [1.807, 2.05) is 34.5 Å². The van der Waals surface area contributed by atoms with E-state index in [-0.39, 0.29) is 6.04 Å². The summed E-state index contributed by atoms with van der Waals surface area (Å²) in [5.74, 6) is 0. The van der Waals surface area contributed by atoms with Gasteiger partial charge >= 0.3 is 11.9 Å². The molecule has 1 aliphatic carbocycles. The van der Waals surface area contributed by atoms with Gasteiger partial charge in [-0.2, -0.15) is 18.3 Å². The van der Waals surface area contributed by atoms with E-state index in [9.17, 15) is 23.3 Å². The number of hydrogen-bond acceptors (Lipinski definition) is 4. The number of nitro groups is 1. The molecule has 1 heterocycles. The molecule has 1 aromatic rings. The minimum Gasteiger partial charge on any atom is -0.307 e. The lowest BCUT2D eigenvalue weighted by Gasteiger charge is -2.21. The van der Waals surface area contributed by atoms with Gasteiger partial charge in [0.05, 0.1) is 11.0 Å². The number of carbonyl (C=O) groups excluding carboxylic acids is 1. The zero-order chi connectivity index (χ0) is 19.3. The molecule has 0 unspecified atom stereocenters. The smallest absolute Gasteiger partial charge is 0.307 e. The Labute approximate surface area is 140 Å². The molecule has 1 aliphatic rings. The third kappa shape index (κ3) is 7.10. The second-order valence-electron chi connectivity index (χ2n) is 4.39. The lowest BCUT2D eigenvalue weighted by Crippen LogP contribution is -2.15. The molecular formula is C15H26F3N3O3. The highest BCUT2D eigenvalue weighted by Crippen LogP contribution is 2.37. The summed E-state index contributed by atoms with van der Waals surface area (Å²) in [7, 11) is 0. The number of rotatable bonds is 2. The van der Waals surface area contributed by atoms with Crippen LogP contribution in [0.15, 0.2) is 6.20 Å². The normalized spacial score (nSPS) is 14.1. The number of nitrogens with zero attached hydrogens (tertiary/aromatic N) is 3. The lowest BCUT2D eigenvalue weighted by atomic mass is 9.96. The Morgan fingerprint density at radius 1 is 1.17 bits per heavy atom. The highest BCUT2D eigenvalue weighted by atomic mass is 19.4. The van der Waals surface area contributed by atoms with Crippen LogP contribution in [0.1, 0.15) is 71.5 Å². The summed E-state index contributed by atoms with van der Waals surface area (Å²) in [4.78, 5) is 17.6. The molecule has 0 spiro atoms. The zero-order valence-corrected chi connectivity index (χ0v) is 14.6. The van der Waals surface area contributed by atoms with E-state index in [1.165, 1.54) is 0 Å². The third-order valence-electron chi connectivity index (χ3n) is 3.13. The van der Waals surface area contributed by atoms with Gasteiger partial charge in [-0.15, -0.1) is 0 Å². The number of halogens is 3. The fourth-order valence-corrected chi connectivity index (χ4v) is 2.25. The third-order valence-corrected chi connectivity index (χ3v) is 3.13. The fourth-order valence-electron chi connectivity index (χ4n) is 2.25. The molecule has 9 heteroatoms. The van der Waals surface area contributed by atoms with Crippen molar-refractivity contribution in [2.24, 2.45) is 0 Å². The molecule has 1 fully saturated rings. The summed E-state index contributed by atoms with van der Waals surface area (Å²) < 4.78 is 38.9. The summed E-state index contributed by atoms with van der Waals surface area (Å²) in [5.41, 5.74) is -2.37. The molecule has 0 amide bonds. The number of carbonyl (C=O) groups is 1. The SMILES string of the molecule is C=O.CC.CC.O=[N+]([O-])c1cn(C2CCCCC2)nc1C(F)(F)F.